The number of carbonyl (C=O) groups is 1. The van der Waals surface area contributed by atoms with Gasteiger partial charge in [-0.15, -0.1) is 0 Å². The van der Waals surface area contributed by atoms with E-state index in [9.17, 15) is 4.79 Å². The van der Waals surface area contributed by atoms with Crippen LogP contribution in [0.2, 0.25) is 0 Å². The standard InChI is InChI=1S/C21H36N2O/c1-13(22)16-6-5-15-12-14-4-7-18-21(3,11-9-19(24)23-18)17(14)8-10-20(15,16)2/h13-18H,4-12,22H2,1-3H3,(H,23,24). The second-order valence-electron chi connectivity index (χ2n) is 10.1. The minimum atomic E-state index is 0.283. The predicted molar refractivity (Wildman–Crippen MR) is 97.3 cm³/mol. The summed E-state index contributed by atoms with van der Waals surface area (Å²) in [6.45, 7) is 7.27. The number of rotatable bonds is 1. The topological polar surface area (TPSA) is 55.1 Å². The van der Waals surface area contributed by atoms with E-state index >= 15 is 0 Å². The fourth-order valence-corrected chi connectivity index (χ4v) is 7.62. The maximum absolute atomic E-state index is 11.9. The first-order chi connectivity index (χ1) is 11.3. The molecule has 1 aliphatic heterocycles. The van der Waals surface area contributed by atoms with Crippen molar-refractivity contribution in [3.05, 3.63) is 0 Å². The van der Waals surface area contributed by atoms with E-state index in [1.165, 1.54) is 44.9 Å². The highest BCUT2D eigenvalue weighted by Gasteiger charge is 2.56. The number of nitrogens with two attached hydrogens (primary N) is 1. The number of nitrogens with one attached hydrogen (secondary N) is 1. The van der Waals surface area contributed by atoms with Gasteiger partial charge >= 0.3 is 0 Å². The van der Waals surface area contributed by atoms with Crippen molar-refractivity contribution in [3.8, 4) is 0 Å². The number of hydrogen-bond donors (Lipinski definition) is 2. The van der Waals surface area contributed by atoms with Crippen LogP contribution in [0.5, 0.6) is 0 Å². The molecular weight excluding hydrogens is 296 g/mol. The summed E-state index contributed by atoms with van der Waals surface area (Å²) >= 11 is 0. The summed E-state index contributed by atoms with van der Waals surface area (Å²) in [5, 5.41) is 3.34. The molecule has 0 radical (unpaired) electrons. The zero-order chi connectivity index (χ0) is 17.1. The van der Waals surface area contributed by atoms with Crippen LogP contribution < -0.4 is 11.1 Å². The second kappa shape index (κ2) is 5.72. The Morgan fingerprint density at radius 2 is 1.88 bits per heavy atom. The number of fused-ring (bicyclic) bond motifs is 4. The van der Waals surface area contributed by atoms with E-state index < -0.39 is 0 Å². The molecule has 0 spiro atoms. The molecule has 4 rings (SSSR count). The quantitative estimate of drug-likeness (QED) is 0.766. The van der Waals surface area contributed by atoms with Crippen molar-refractivity contribution >= 4 is 5.91 Å². The molecule has 1 saturated heterocycles. The summed E-state index contributed by atoms with van der Waals surface area (Å²) in [4.78, 5) is 11.9. The highest BCUT2D eigenvalue weighted by Crippen LogP contribution is 2.62. The molecule has 3 heteroatoms. The van der Waals surface area contributed by atoms with Crippen molar-refractivity contribution in [1.82, 2.24) is 5.32 Å². The third kappa shape index (κ3) is 2.37. The second-order valence-corrected chi connectivity index (χ2v) is 10.1. The fourth-order valence-electron chi connectivity index (χ4n) is 7.62. The summed E-state index contributed by atoms with van der Waals surface area (Å²) < 4.78 is 0. The van der Waals surface area contributed by atoms with Crippen molar-refractivity contribution in [2.45, 2.75) is 90.6 Å². The predicted octanol–water partition coefficient (Wildman–Crippen LogP) is 3.86. The molecule has 136 valence electrons. The Balaban J connectivity index is 1.60. The monoisotopic (exact) mass is 332 g/mol. The average Bonchev–Trinajstić information content (AvgIpc) is 2.76. The lowest BCUT2D eigenvalue weighted by Crippen LogP contribution is -2.58. The lowest BCUT2D eigenvalue weighted by Gasteiger charge is -2.53. The fraction of sp³-hybridized carbons (Fsp3) is 0.952. The molecule has 1 amide bonds. The van der Waals surface area contributed by atoms with Gasteiger partial charge in [0.15, 0.2) is 0 Å². The summed E-state index contributed by atoms with van der Waals surface area (Å²) in [5.41, 5.74) is 7.17. The highest BCUT2D eigenvalue weighted by molar-refractivity contribution is 5.77. The normalized spacial score (nSPS) is 52.5. The Kier molecular flexibility index (Phi) is 4.02. The highest BCUT2D eigenvalue weighted by atomic mass is 16.1. The van der Waals surface area contributed by atoms with E-state index in [1.807, 2.05) is 0 Å². The maximum Gasteiger partial charge on any atom is 0.220 e. The molecule has 3 N–H and O–H groups in total. The molecule has 0 aromatic heterocycles. The van der Waals surface area contributed by atoms with Gasteiger partial charge in [-0.3, -0.25) is 4.79 Å². The summed E-state index contributed by atoms with van der Waals surface area (Å²) in [6.07, 6.45) is 11.2. The largest absolute Gasteiger partial charge is 0.353 e. The lowest BCUT2D eigenvalue weighted by atomic mass is 9.55. The lowest BCUT2D eigenvalue weighted by molar-refractivity contribution is -0.130. The van der Waals surface area contributed by atoms with Crippen LogP contribution >= 0.6 is 0 Å². The molecule has 1 heterocycles. The van der Waals surface area contributed by atoms with E-state index in [-0.39, 0.29) is 5.91 Å². The van der Waals surface area contributed by atoms with Gasteiger partial charge in [0.1, 0.15) is 0 Å². The zero-order valence-electron chi connectivity index (χ0n) is 15.8. The van der Waals surface area contributed by atoms with Crippen LogP contribution in [-0.4, -0.2) is 18.0 Å². The third-order valence-electron chi connectivity index (χ3n) is 9.09. The summed E-state index contributed by atoms with van der Waals surface area (Å²) in [5.74, 6) is 3.54. The molecule has 3 saturated carbocycles. The van der Waals surface area contributed by atoms with E-state index in [0.29, 0.717) is 28.8 Å². The van der Waals surface area contributed by atoms with Crippen LogP contribution in [0.3, 0.4) is 0 Å². The molecule has 24 heavy (non-hydrogen) atoms. The number of hydrogen-bond acceptors (Lipinski definition) is 2. The molecule has 3 nitrogen and oxygen atoms in total. The molecule has 8 atom stereocenters. The number of amides is 1. The Morgan fingerprint density at radius 3 is 2.62 bits per heavy atom. The Morgan fingerprint density at radius 1 is 1.08 bits per heavy atom. The van der Waals surface area contributed by atoms with E-state index in [0.717, 1.165) is 30.6 Å². The minimum Gasteiger partial charge on any atom is -0.353 e. The first-order valence-electron chi connectivity index (χ1n) is 10.4. The van der Waals surface area contributed by atoms with Gasteiger partial charge in [-0.05, 0) is 92.8 Å². The molecular formula is C21H36N2O. The SMILES string of the molecule is CC(N)C1CCC2CC3CCC4NC(=O)CCC4(C)C3CCC21C. The molecule has 4 aliphatic rings. The van der Waals surface area contributed by atoms with Crippen molar-refractivity contribution in [1.29, 1.82) is 0 Å². The third-order valence-corrected chi connectivity index (χ3v) is 9.09. The van der Waals surface area contributed by atoms with Gasteiger partial charge in [0.05, 0.1) is 0 Å². The maximum atomic E-state index is 11.9. The van der Waals surface area contributed by atoms with Crippen LogP contribution in [0, 0.1) is 34.5 Å². The van der Waals surface area contributed by atoms with Crippen molar-refractivity contribution < 1.29 is 4.79 Å². The Hall–Kier alpha value is -0.570. The average molecular weight is 333 g/mol. The van der Waals surface area contributed by atoms with Crippen molar-refractivity contribution in [2.75, 3.05) is 0 Å². The van der Waals surface area contributed by atoms with Crippen molar-refractivity contribution in [3.63, 3.8) is 0 Å². The van der Waals surface area contributed by atoms with Gasteiger partial charge in [-0.1, -0.05) is 13.8 Å². The molecule has 8 unspecified atom stereocenters. The van der Waals surface area contributed by atoms with Crippen LogP contribution in [0.4, 0.5) is 0 Å². The van der Waals surface area contributed by atoms with Gasteiger partial charge in [0.25, 0.3) is 0 Å². The molecule has 0 aromatic carbocycles. The van der Waals surface area contributed by atoms with Gasteiger partial charge in [0, 0.05) is 18.5 Å². The van der Waals surface area contributed by atoms with Crippen LogP contribution in [-0.2, 0) is 4.79 Å². The Labute approximate surface area is 147 Å². The van der Waals surface area contributed by atoms with Crippen molar-refractivity contribution in [2.24, 2.45) is 40.2 Å². The van der Waals surface area contributed by atoms with Gasteiger partial charge in [-0.2, -0.15) is 0 Å². The van der Waals surface area contributed by atoms with Crippen LogP contribution in [0.1, 0.15) is 78.6 Å². The summed E-state index contributed by atoms with van der Waals surface area (Å²) in [7, 11) is 0. The van der Waals surface area contributed by atoms with Gasteiger partial charge < -0.3 is 11.1 Å². The van der Waals surface area contributed by atoms with Crippen LogP contribution in [0.15, 0.2) is 0 Å². The Bertz CT molecular complexity index is 518. The van der Waals surface area contributed by atoms with E-state index in [4.69, 9.17) is 5.73 Å². The van der Waals surface area contributed by atoms with E-state index in [1.54, 1.807) is 0 Å². The molecule has 0 bridgehead atoms. The number of carbonyl (C=O) groups excluding carboxylic acids is 1. The summed E-state index contributed by atoms with van der Waals surface area (Å²) in [6, 6.07) is 0.757. The smallest absolute Gasteiger partial charge is 0.220 e. The first kappa shape index (κ1) is 16.9. The zero-order valence-corrected chi connectivity index (χ0v) is 15.8. The molecule has 4 fully saturated rings. The molecule has 3 aliphatic carbocycles. The molecule has 0 aromatic rings. The number of piperidine rings is 1. The van der Waals surface area contributed by atoms with E-state index in [2.05, 4.69) is 26.1 Å². The van der Waals surface area contributed by atoms with Gasteiger partial charge in [-0.25, -0.2) is 0 Å². The minimum absolute atomic E-state index is 0.283. The van der Waals surface area contributed by atoms with Crippen LogP contribution in [0.25, 0.3) is 0 Å². The first-order valence-corrected chi connectivity index (χ1v) is 10.4. The van der Waals surface area contributed by atoms with Gasteiger partial charge in [0.2, 0.25) is 5.91 Å².